The van der Waals surface area contributed by atoms with Crippen molar-refractivity contribution in [1.29, 1.82) is 0 Å². The summed E-state index contributed by atoms with van der Waals surface area (Å²) in [5.74, 6) is 0.916. The first-order chi connectivity index (χ1) is 8.57. The highest BCUT2D eigenvalue weighted by molar-refractivity contribution is 5.28. The number of ether oxygens (including phenoxy) is 2. The summed E-state index contributed by atoms with van der Waals surface area (Å²) in [6, 6.07) is 8.24. The van der Waals surface area contributed by atoms with Crippen molar-refractivity contribution in [3.05, 3.63) is 29.8 Å². The van der Waals surface area contributed by atoms with Gasteiger partial charge in [-0.3, -0.25) is 0 Å². The largest absolute Gasteiger partial charge is 0.487 e. The normalized spacial score (nSPS) is 11.6. The van der Waals surface area contributed by atoms with E-state index in [1.165, 1.54) is 5.56 Å². The monoisotopic (exact) mass is 251 g/mol. The van der Waals surface area contributed by atoms with Gasteiger partial charge in [-0.15, -0.1) is 0 Å². The van der Waals surface area contributed by atoms with Crippen LogP contribution in [-0.4, -0.2) is 32.4 Å². The highest BCUT2D eigenvalue weighted by Gasteiger charge is 2.18. The van der Waals surface area contributed by atoms with Crippen molar-refractivity contribution in [2.45, 2.75) is 32.8 Å². The lowest BCUT2D eigenvalue weighted by atomic mass is 10.1. The van der Waals surface area contributed by atoms with Gasteiger partial charge in [0, 0.05) is 13.7 Å². The summed E-state index contributed by atoms with van der Waals surface area (Å²) in [5, 5.41) is 3.31. The van der Waals surface area contributed by atoms with Crippen LogP contribution >= 0.6 is 0 Å². The predicted molar refractivity (Wildman–Crippen MR) is 75.3 cm³/mol. The second-order valence-electron chi connectivity index (χ2n) is 5.03. The fourth-order valence-corrected chi connectivity index (χ4v) is 1.73. The molecular weight excluding hydrogens is 226 g/mol. The molecule has 0 aliphatic carbocycles. The van der Waals surface area contributed by atoms with Gasteiger partial charge in [0.2, 0.25) is 0 Å². The van der Waals surface area contributed by atoms with Crippen molar-refractivity contribution in [3.63, 3.8) is 0 Å². The molecule has 0 saturated carbocycles. The number of nitrogens with one attached hydrogen (secondary N) is 1. The fourth-order valence-electron chi connectivity index (χ4n) is 1.73. The summed E-state index contributed by atoms with van der Waals surface area (Å²) < 4.78 is 11.0. The van der Waals surface area contributed by atoms with Crippen LogP contribution in [0.3, 0.4) is 0 Å². The van der Waals surface area contributed by atoms with E-state index in [1.54, 1.807) is 7.11 Å². The van der Waals surface area contributed by atoms with E-state index in [2.05, 4.69) is 38.2 Å². The Kier molecular flexibility index (Phi) is 6.16. The second kappa shape index (κ2) is 7.39. The van der Waals surface area contributed by atoms with Crippen LogP contribution in [0.5, 0.6) is 5.75 Å². The van der Waals surface area contributed by atoms with Crippen LogP contribution in [0.1, 0.15) is 26.3 Å². The van der Waals surface area contributed by atoms with E-state index < -0.39 is 0 Å². The molecule has 1 aromatic rings. The zero-order valence-corrected chi connectivity index (χ0v) is 12.0. The third-order valence-electron chi connectivity index (χ3n) is 2.71. The lowest BCUT2D eigenvalue weighted by Gasteiger charge is -2.26. The van der Waals surface area contributed by atoms with E-state index in [-0.39, 0.29) is 5.60 Å². The summed E-state index contributed by atoms with van der Waals surface area (Å²) in [7, 11) is 1.72. The van der Waals surface area contributed by atoms with Crippen LogP contribution in [0.25, 0.3) is 0 Å². The van der Waals surface area contributed by atoms with Crippen LogP contribution in [-0.2, 0) is 11.2 Å². The average molecular weight is 251 g/mol. The molecule has 0 aromatic heterocycles. The van der Waals surface area contributed by atoms with E-state index in [0.717, 1.165) is 31.9 Å². The Morgan fingerprint density at radius 2 is 1.83 bits per heavy atom. The van der Waals surface area contributed by atoms with Crippen molar-refractivity contribution in [3.8, 4) is 5.75 Å². The molecule has 0 unspecified atom stereocenters. The number of hydrogen-bond acceptors (Lipinski definition) is 3. The number of hydrogen-bond donors (Lipinski definition) is 1. The Labute approximate surface area is 110 Å². The summed E-state index contributed by atoms with van der Waals surface area (Å²) in [6.45, 7) is 8.84. The summed E-state index contributed by atoms with van der Waals surface area (Å²) in [6.07, 6.45) is 0.942. The minimum absolute atomic E-state index is 0.190. The third kappa shape index (κ3) is 5.52. The highest BCUT2D eigenvalue weighted by Crippen LogP contribution is 2.18. The average Bonchev–Trinajstić information content (AvgIpc) is 2.35. The first kappa shape index (κ1) is 15.0. The first-order valence-corrected chi connectivity index (χ1v) is 6.55. The van der Waals surface area contributed by atoms with Crippen molar-refractivity contribution in [1.82, 2.24) is 5.32 Å². The molecule has 0 aliphatic heterocycles. The van der Waals surface area contributed by atoms with Gasteiger partial charge in [-0.05, 0) is 44.5 Å². The van der Waals surface area contributed by atoms with E-state index in [1.807, 2.05) is 12.1 Å². The smallest absolute Gasteiger partial charge is 0.120 e. The first-order valence-electron chi connectivity index (χ1n) is 6.55. The van der Waals surface area contributed by atoms with Gasteiger partial charge in [0.25, 0.3) is 0 Å². The zero-order chi connectivity index (χ0) is 13.4. The van der Waals surface area contributed by atoms with Gasteiger partial charge in [0.15, 0.2) is 0 Å². The highest BCUT2D eigenvalue weighted by atomic mass is 16.5. The van der Waals surface area contributed by atoms with Gasteiger partial charge < -0.3 is 14.8 Å². The molecule has 1 N–H and O–H groups in total. The van der Waals surface area contributed by atoms with E-state index in [4.69, 9.17) is 9.47 Å². The predicted octanol–water partition coefficient (Wildman–Crippen LogP) is 2.64. The molecule has 1 aromatic carbocycles. The van der Waals surface area contributed by atoms with Crippen LogP contribution in [0, 0.1) is 0 Å². The Morgan fingerprint density at radius 1 is 1.17 bits per heavy atom. The Morgan fingerprint density at radius 3 is 2.39 bits per heavy atom. The Hall–Kier alpha value is -1.06. The van der Waals surface area contributed by atoms with E-state index >= 15 is 0 Å². The molecule has 18 heavy (non-hydrogen) atoms. The summed E-state index contributed by atoms with van der Waals surface area (Å²) in [5.41, 5.74) is 1.08. The fraction of sp³-hybridized carbons (Fsp3) is 0.600. The maximum Gasteiger partial charge on any atom is 0.120 e. The maximum absolute atomic E-state index is 5.97. The van der Waals surface area contributed by atoms with Gasteiger partial charge in [-0.25, -0.2) is 0 Å². The molecule has 0 bridgehead atoms. The molecule has 102 valence electrons. The molecule has 0 spiro atoms. The molecule has 0 heterocycles. The van der Waals surface area contributed by atoms with Crippen molar-refractivity contribution < 1.29 is 9.47 Å². The quantitative estimate of drug-likeness (QED) is 0.770. The van der Waals surface area contributed by atoms with Gasteiger partial charge in [-0.2, -0.15) is 0 Å². The number of methoxy groups -OCH3 is 1. The topological polar surface area (TPSA) is 30.5 Å². The molecule has 0 radical (unpaired) electrons. The molecule has 3 nitrogen and oxygen atoms in total. The minimum atomic E-state index is -0.190. The van der Waals surface area contributed by atoms with Gasteiger partial charge >= 0.3 is 0 Å². The molecule has 0 amide bonds. The lowest BCUT2D eigenvalue weighted by molar-refractivity contribution is 0.109. The zero-order valence-electron chi connectivity index (χ0n) is 12.0. The SMILES string of the molecule is CCNCC(C)(C)Oc1ccc(CCOC)cc1. The van der Waals surface area contributed by atoms with Gasteiger partial charge in [0.05, 0.1) is 6.61 Å². The number of likely N-dealkylation sites (N-methyl/N-ethyl adjacent to an activating group) is 1. The molecule has 0 fully saturated rings. The Balaban J connectivity index is 2.51. The van der Waals surface area contributed by atoms with Crippen molar-refractivity contribution in [2.75, 3.05) is 26.8 Å². The van der Waals surface area contributed by atoms with Crippen molar-refractivity contribution in [2.24, 2.45) is 0 Å². The molecule has 0 saturated heterocycles. The van der Waals surface area contributed by atoms with Crippen LogP contribution in [0.2, 0.25) is 0 Å². The molecule has 3 heteroatoms. The number of benzene rings is 1. The second-order valence-corrected chi connectivity index (χ2v) is 5.03. The van der Waals surface area contributed by atoms with Crippen molar-refractivity contribution >= 4 is 0 Å². The summed E-state index contributed by atoms with van der Waals surface area (Å²) in [4.78, 5) is 0. The maximum atomic E-state index is 5.97. The van der Waals surface area contributed by atoms with Crippen LogP contribution in [0.4, 0.5) is 0 Å². The van der Waals surface area contributed by atoms with Gasteiger partial charge in [-0.1, -0.05) is 19.1 Å². The van der Waals surface area contributed by atoms with Crippen LogP contribution < -0.4 is 10.1 Å². The third-order valence-corrected chi connectivity index (χ3v) is 2.71. The Bertz CT molecular complexity index is 333. The molecule has 1 rings (SSSR count). The lowest BCUT2D eigenvalue weighted by Crippen LogP contribution is -2.40. The standard InChI is InChI=1S/C15H25NO2/c1-5-16-12-15(2,3)18-14-8-6-13(7-9-14)10-11-17-4/h6-9,16H,5,10-12H2,1-4H3. The van der Waals surface area contributed by atoms with Gasteiger partial charge in [0.1, 0.15) is 11.4 Å². The number of rotatable bonds is 8. The molecular formula is C15H25NO2. The van der Waals surface area contributed by atoms with E-state index in [0.29, 0.717) is 0 Å². The molecule has 0 aliphatic rings. The summed E-state index contributed by atoms with van der Waals surface area (Å²) >= 11 is 0. The molecule has 0 atom stereocenters. The minimum Gasteiger partial charge on any atom is -0.487 e. The van der Waals surface area contributed by atoms with E-state index in [9.17, 15) is 0 Å². The van der Waals surface area contributed by atoms with Crippen LogP contribution in [0.15, 0.2) is 24.3 Å².